The van der Waals surface area contributed by atoms with Crippen LogP contribution < -0.4 is 0 Å². The van der Waals surface area contributed by atoms with E-state index in [9.17, 15) is 5.11 Å². The molecule has 0 atom stereocenters. The van der Waals surface area contributed by atoms with Gasteiger partial charge < -0.3 is 9.67 Å². The molecular formula is C12H12N2OS. The third kappa shape index (κ3) is 1.45. The normalized spacial score (nSPS) is 14.1. The summed E-state index contributed by atoms with van der Waals surface area (Å²) in [4.78, 5) is 4.60. The van der Waals surface area contributed by atoms with E-state index in [2.05, 4.69) is 9.55 Å². The predicted molar refractivity (Wildman–Crippen MR) is 64.3 cm³/mol. The molecule has 0 amide bonds. The van der Waals surface area contributed by atoms with Gasteiger partial charge in [-0.1, -0.05) is 42.1 Å². The number of aliphatic hydroxyl groups is 1. The van der Waals surface area contributed by atoms with Crippen LogP contribution in [0.3, 0.4) is 0 Å². The Bertz CT molecular complexity index is 507. The van der Waals surface area contributed by atoms with Crippen LogP contribution in [0.5, 0.6) is 0 Å². The van der Waals surface area contributed by atoms with Crippen LogP contribution in [0, 0.1) is 0 Å². The van der Waals surface area contributed by atoms with Gasteiger partial charge in [0.15, 0.2) is 5.16 Å². The van der Waals surface area contributed by atoms with Gasteiger partial charge in [-0.3, -0.25) is 0 Å². The van der Waals surface area contributed by atoms with Gasteiger partial charge in [0.1, 0.15) is 0 Å². The molecule has 82 valence electrons. The molecular weight excluding hydrogens is 220 g/mol. The van der Waals surface area contributed by atoms with Crippen molar-refractivity contribution < 1.29 is 5.11 Å². The number of benzene rings is 1. The molecule has 1 aromatic carbocycles. The summed E-state index contributed by atoms with van der Waals surface area (Å²) in [6.45, 7) is 1.01. The highest BCUT2D eigenvalue weighted by Crippen LogP contribution is 2.32. The number of hydrogen-bond donors (Lipinski definition) is 1. The molecule has 2 aromatic rings. The summed E-state index contributed by atoms with van der Waals surface area (Å²) in [7, 11) is 0. The van der Waals surface area contributed by atoms with Crippen molar-refractivity contribution in [1.82, 2.24) is 9.55 Å². The Morgan fingerprint density at radius 2 is 2.12 bits per heavy atom. The summed E-state index contributed by atoms with van der Waals surface area (Å²) in [5.74, 6) is 1.06. The Balaban J connectivity index is 2.15. The van der Waals surface area contributed by atoms with Crippen molar-refractivity contribution in [3.63, 3.8) is 0 Å². The topological polar surface area (TPSA) is 38.1 Å². The Hall–Kier alpha value is -1.26. The molecule has 2 heterocycles. The minimum atomic E-state index is 0.0534. The van der Waals surface area contributed by atoms with Crippen molar-refractivity contribution in [2.24, 2.45) is 0 Å². The number of aliphatic hydroxyl groups excluding tert-OH is 1. The molecule has 4 heteroatoms. The number of thioether (sulfide) groups is 1. The van der Waals surface area contributed by atoms with Gasteiger partial charge >= 0.3 is 0 Å². The van der Waals surface area contributed by atoms with Gasteiger partial charge in [-0.2, -0.15) is 0 Å². The van der Waals surface area contributed by atoms with E-state index >= 15 is 0 Å². The first kappa shape index (κ1) is 9.93. The first-order chi connectivity index (χ1) is 7.90. The second-order valence-electron chi connectivity index (χ2n) is 3.71. The standard InChI is InChI=1S/C12H12N2OS/c15-8-10-11(9-4-2-1-3-5-9)13-12-14(10)6-7-16-12/h1-5,15H,6-8H2. The fourth-order valence-corrected chi connectivity index (χ4v) is 2.99. The molecule has 16 heavy (non-hydrogen) atoms. The molecule has 0 saturated heterocycles. The molecule has 0 aliphatic carbocycles. The van der Waals surface area contributed by atoms with E-state index < -0.39 is 0 Å². The largest absolute Gasteiger partial charge is 0.390 e. The predicted octanol–water partition coefficient (Wildman–Crippen LogP) is 2.15. The van der Waals surface area contributed by atoms with Crippen LogP contribution in [0.25, 0.3) is 11.3 Å². The molecule has 0 fully saturated rings. The maximum absolute atomic E-state index is 9.46. The first-order valence-corrected chi connectivity index (χ1v) is 6.27. The first-order valence-electron chi connectivity index (χ1n) is 5.28. The van der Waals surface area contributed by atoms with Crippen LogP contribution in [0.4, 0.5) is 0 Å². The molecule has 0 saturated carbocycles. The molecule has 0 bridgehead atoms. The Labute approximate surface area is 98.1 Å². The van der Waals surface area contributed by atoms with E-state index in [1.54, 1.807) is 11.8 Å². The van der Waals surface area contributed by atoms with Crippen molar-refractivity contribution in [1.29, 1.82) is 0 Å². The highest BCUT2D eigenvalue weighted by atomic mass is 32.2. The van der Waals surface area contributed by atoms with Crippen molar-refractivity contribution in [2.45, 2.75) is 18.3 Å². The van der Waals surface area contributed by atoms with Gasteiger partial charge in [0.2, 0.25) is 0 Å². The second-order valence-corrected chi connectivity index (χ2v) is 4.78. The fraction of sp³-hybridized carbons (Fsp3) is 0.250. The zero-order chi connectivity index (χ0) is 11.0. The Morgan fingerprint density at radius 3 is 2.88 bits per heavy atom. The molecule has 0 unspecified atom stereocenters. The number of aromatic nitrogens is 2. The SMILES string of the molecule is OCc1c(-c2ccccc2)nc2n1CCS2. The third-order valence-electron chi connectivity index (χ3n) is 2.78. The minimum absolute atomic E-state index is 0.0534. The number of fused-ring (bicyclic) bond motifs is 1. The van der Waals surface area contributed by atoms with E-state index in [4.69, 9.17) is 0 Å². The molecule has 1 aliphatic rings. The van der Waals surface area contributed by atoms with Crippen molar-refractivity contribution in [3.8, 4) is 11.3 Å². The van der Waals surface area contributed by atoms with Gasteiger partial charge in [-0.15, -0.1) is 0 Å². The third-order valence-corrected chi connectivity index (χ3v) is 3.74. The summed E-state index contributed by atoms with van der Waals surface area (Å²) in [5, 5.41) is 10.5. The Kier molecular flexibility index (Phi) is 2.46. The van der Waals surface area contributed by atoms with Gasteiger partial charge in [0, 0.05) is 17.9 Å². The average molecular weight is 232 g/mol. The lowest BCUT2D eigenvalue weighted by atomic mass is 10.1. The maximum Gasteiger partial charge on any atom is 0.168 e. The van der Waals surface area contributed by atoms with Crippen LogP contribution in [-0.4, -0.2) is 20.4 Å². The monoisotopic (exact) mass is 232 g/mol. The number of imidazole rings is 1. The van der Waals surface area contributed by atoms with Crippen LogP contribution in [-0.2, 0) is 13.2 Å². The summed E-state index contributed by atoms with van der Waals surface area (Å²) in [5.41, 5.74) is 2.94. The highest BCUT2D eigenvalue weighted by Gasteiger charge is 2.21. The van der Waals surface area contributed by atoms with Crippen LogP contribution >= 0.6 is 11.8 Å². The quantitative estimate of drug-likeness (QED) is 0.862. The van der Waals surface area contributed by atoms with Gasteiger partial charge in [-0.25, -0.2) is 4.98 Å². The molecule has 3 rings (SSSR count). The number of hydrogen-bond acceptors (Lipinski definition) is 3. The van der Waals surface area contributed by atoms with Crippen molar-refractivity contribution in [3.05, 3.63) is 36.0 Å². The fourth-order valence-electron chi connectivity index (χ4n) is 2.02. The van der Waals surface area contributed by atoms with Crippen LogP contribution in [0.15, 0.2) is 35.5 Å². The van der Waals surface area contributed by atoms with Gasteiger partial charge in [0.05, 0.1) is 18.0 Å². The lowest BCUT2D eigenvalue weighted by Crippen LogP contribution is -2.01. The molecule has 0 spiro atoms. The summed E-state index contributed by atoms with van der Waals surface area (Å²) in [6.07, 6.45) is 0. The van der Waals surface area contributed by atoms with Gasteiger partial charge in [-0.05, 0) is 0 Å². The molecule has 1 aromatic heterocycles. The average Bonchev–Trinajstić information content (AvgIpc) is 2.89. The molecule has 1 N–H and O–H groups in total. The molecule has 1 aliphatic heterocycles. The summed E-state index contributed by atoms with van der Waals surface area (Å²) < 4.78 is 2.12. The molecule has 0 radical (unpaired) electrons. The van der Waals surface area contributed by atoms with E-state index in [1.807, 2.05) is 30.3 Å². The lowest BCUT2D eigenvalue weighted by molar-refractivity contribution is 0.271. The Morgan fingerprint density at radius 1 is 1.31 bits per heavy atom. The van der Waals surface area contributed by atoms with E-state index in [1.165, 1.54) is 0 Å². The van der Waals surface area contributed by atoms with Crippen molar-refractivity contribution >= 4 is 11.8 Å². The van der Waals surface area contributed by atoms with E-state index in [0.717, 1.165) is 34.4 Å². The van der Waals surface area contributed by atoms with Crippen LogP contribution in [0.2, 0.25) is 0 Å². The highest BCUT2D eigenvalue weighted by molar-refractivity contribution is 7.99. The minimum Gasteiger partial charge on any atom is -0.390 e. The lowest BCUT2D eigenvalue weighted by Gasteiger charge is -2.03. The zero-order valence-electron chi connectivity index (χ0n) is 8.76. The van der Waals surface area contributed by atoms with Crippen molar-refractivity contribution in [2.75, 3.05) is 5.75 Å². The summed E-state index contributed by atoms with van der Waals surface area (Å²) in [6, 6.07) is 10.0. The molecule has 3 nitrogen and oxygen atoms in total. The smallest absolute Gasteiger partial charge is 0.168 e. The van der Waals surface area contributed by atoms with E-state index in [0.29, 0.717) is 0 Å². The zero-order valence-corrected chi connectivity index (χ0v) is 9.57. The van der Waals surface area contributed by atoms with Gasteiger partial charge in [0.25, 0.3) is 0 Å². The number of nitrogens with zero attached hydrogens (tertiary/aromatic N) is 2. The van der Waals surface area contributed by atoms with Crippen LogP contribution in [0.1, 0.15) is 5.69 Å². The van der Waals surface area contributed by atoms with E-state index in [-0.39, 0.29) is 6.61 Å². The maximum atomic E-state index is 9.46. The number of rotatable bonds is 2. The summed E-state index contributed by atoms with van der Waals surface area (Å²) >= 11 is 1.75. The second kappa shape index (κ2) is 3.96.